The lowest BCUT2D eigenvalue weighted by atomic mass is 10.00. The van der Waals surface area contributed by atoms with Gasteiger partial charge in [0.2, 0.25) is 0 Å². The monoisotopic (exact) mass is 418 g/mol. The molecule has 2 nitrogen and oxygen atoms in total. The van der Waals surface area contributed by atoms with Crippen LogP contribution in [0.1, 0.15) is 32.1 Å². The van der Waals surface area contributed by atoms with Crippen molar-refractivity contribution in [1.29, 1.82) is 0 Å². The summed E-state index contributed by atoms with van der Waals surface area (Å²) in [6, 6.07) is 21.8. The van der Waals surface area contributed by atoms with Crippen molar-refractivity contribution in [2.75, 3.05) is 9.80 Å². The number of allylic oxidation sites excluding steroid dienone is 7. The van der Waals surface area contributed by atoms with Gasteiger partial charge in [0.05, 0.1) is 6.04 Å². The summed E-state index contributed by atoms with van der Waals surface area (Å²) in [4.78, 5) is 4.86. The first-order valence-corrected chi connectivity index (χ1v) is 11.7. The van der Waals surface area contributed by atoms with E-state index in [0.717, 1.165) is 32.1 Å². The zero-order chi connectivity index (χ0) is 21.6. The highest BCUT2D eigenvalue weighted by molar-refractivity contribution is 5.64. The van der Waals surface area contributed by atoms with Crippen LogP contribution in [0.15, 0.2) is 132 Å². The lowest BCUT2D eigenvalue weighted by molar-refractivity contribution is 0.747. The van der Waals surface area contributed by atoms with Crippen LogP contribution >= 0.6 is 0 Å². The summed E-state index contributed by atoms with van der Waals surface area (Å²) in [5, 5.41) is 0. The molecule has 0 aliphatic heterocycles. The van der Waals surface area contributed by atoms with E-state index in [9.17, 15) is 0 Å². The van der Waals surface area contributed by atoms with Gasteiger partial charge in [0, 0.05) is 28.5 Å². The Morgan fingerprint density at radius 2 is 1.16 bits per heavy atom. The molecule has 1 unspecified atom stereocenters. The van der Waals surface area contributed by atoms with E-state index in [1.54, 1.807) is 0 Å². The summed E-state index contributed by atoms with van der Waals surface area (Å²) in [7, 11) is 0. The maximum absolute atomic E-state index is 2.48. The molecule has 2 aromatic rings. The first kappa shape index (κ1) is 20.4. The molecule has 3 aliphatic rings. The van der Waals surface area contributed by atoms with Crippen molar-refractivity contribution in [3.8, 4) is 0 Å². The minimum Gasteiger partial charge on any atom is -0.335 e. The summed E-state index contributed by atoms with van der Waals surface area (Å²) in [5.74, 6) is 0. The highest BCUT2D eigenvalue weighted by Crippen LogP contribution is 2.33. The third-order valence-corrected chi connectivity index (χ3v) is 6.18. The molecule has 3 aliphatic carbocycles. The second-order valence-corrected chi connectivity index (χ2v) is 8.39. The smallest absolute Gasteiger partial charge is 0.0561 e. The molecule has 0 saturated heterocycles. The van der Waals surface area contributed by atoms with Crippen LogP contribution in [0.4, 0.5) is 11.4 Å². The fraction of sp³-hybridized carbons (Fsp3) is 0.200. The van der Waals surface area contributed by atoms with E-state index in [2.05, 4.69) is 125 Å². The predicted octanol–water partition coefficient (Wildman–Crippen LogP) is 7.68. The summed E-state index contributed by atoms with van der Waals surface area (Å²) in [6.45, 7) is 0. The molecule has 160 valence electrons. The average Bonchev–Trinajstić information content (AvgIpc) is 2.88. The summed E-state index contributed by atoms with van der Waals surface area (Å²) in [5.41, 5.74) is 6.25. The number of benzene rings is 2. The normalized spacial score (nSPS) is 19.8. The Labute approximate surface area is 191 Å². The third kappa shape index (κ3) is 4.40. The van der Waals surface area contributed by atoms with E-state index < -0.39 is 0 Å². The van der Waals surface area contributed by atoms with E-state index in [4.69, 9.17) is 0 Å². The van der Waals surface area contributed by atoms with E-state index >= 15 is 0 Å². The lowest BCUT2D eigenvalue weighted by Crippen LogP contribution is -2.34. The Morgan fingerprint density at radius 3 is 1.72 bits per heavy atom. The van der Waals surface area contributed by atoms with Gasteiger partial charge in [-0.25, -0.2) is 0 Å². The molecule has 2 heteroatoms. The van der Waals surface area contributed by atoms with Crippen LogP contribution in [-0.2, 0) is 0 Å². The summed E-state index contributed by atoms with van der Waals surface area (Å²) >= 11 is 0. The number of hydrogen-bond donors (Lipinski definition) is 0. The molecule has 1 atom stereocenters. The second kappa shape index (κ2) is 9.74. The first-order valence-electron chi connectivity index (χ1n) is 11.7. The first-order chi connectivity index (χ1) is 15.9. The maximum atomic E-state index is 2.48. The molecule has 32 heavy (non-hydrogen) atoms. The van der Waals surface area contributed by atoms with Crippen molar-refractivity contribution < 1.29 is 0 Å². The molecule has 5 rings (SSSR count). The van der Waals surface area contributed by atoms with Gasteiger partial charge in [-0.05, 0) is 74.6 Å². The van der Waals surface area contributed by atoms with E-state index in [0.29, 0.717) is 6.04 Å². The van der Waals surface area contributed by atoms with E-state index in [1.807, 2.05) is 0 Å². The minimum absolute atomic E-state index is 0.295. The van der Waals surface area contributed by atoms with Crippen molar-refractivity contribution in [3.05, 3.63) is 132 Å². The van der Waals surface area contributed by atoms with Gasteiger partial charge in [-0.15, -0.1) is 0 Å². The Hall–Kier alpha value is -3.52. The second-order valence-electron chi connectivity index (χ2n) is 8.39. The number of rotatable bonds is 6. The summed E-state index contributed by atoms with van der Waals surface area (Å²) in [6.07, 6.45) is 26.3. The van der Waals surface area contributed by atoms with Crippen molar-refractivity contribution in [1.82, 2.24) is 0 Å². The van der Waals surface area contributed by atoms with E-state index in [-0.39, 0.29) is 0 Å². The Bertz CT molecular complexity index is 1100. The van der Waals surface area contributed by atoms with Gasteiger partial charge in [0.15, 0.2) is 0 Å². The molecule has 0 aromatic heterocycles. The van der Waals surface area contributed by atoms with Crippen molar-refractivity contribution in [2.24, 2.45) is 0 Å². The maximum Gasteiger partial charge on any atom is 0.0561 e. The van der Waals surface area contributed by atoms with Crippen molar-refractivity contribution in [3.63, 3.8) is 0 Å². The SMILES string of the molecule is C1=CC(N(C2=CCC(N(C3=CCCC=C3)c3ccccc3)C=C2)c2ccccc2)=CCC1. The molecule has 0 spiro atoms. The van der Waals surface area contributed by atoms with Crippen LogP contribution in [-0.4, -0.2) is 6.04 Å². The van der Waals surface area contributed by atoms with Gasteiger partial charge in [-0.1, -0.05) is 72.9 Å². The standard InChI is InChI=1S/C30H30N2/c1-5-13-25(14-6-1)31(26-15-7-2-8-16-26)29-21-23-30(24-22-29)32(27-17-9-3-10-18-27)28-19-11-4-12-20-28/h1,3,5-7,9-11,13-23,30H,2,4,8,12,24H2. The third-order valence-electron chi connectivity index (χ3n) is 6.18. The van der Waals surface area contributed by atoms with Crippen LogP contribution in [0.2, 0.25) is 0 Å². The van der Waals surface area contributed by atoms with Gasteiger partial charge in [0.1, 0.15) is 0 Å². The molecular formula is C30H30N2. The Morgan fingerprint density at radius 1 is 0.562 bits per heavy atom. The number of nitrogens with zero attached hydrogens (tertiary/aromatic N) is 2. The molecule has 0 N–H and O–H groups in total. The topological polar surface area (TPSA) is 6.48 Å². The van der Waals surface area contributed by atoms with Crippen LogP contribution in [0.3, 0.4) is 0 Å². The number of para-hydroxylation sites is 2. The van der Waals surface area contributed by atoms with Crippen molar-refractivity contribution >= 4 is 11.4 Å². The van der Waals surface area contributed by atoms with E-state index in [1.165, 1.54) is 28.5 Å². The molecule has 0 radical (unpaired) electrons. The fourth-order valence-corrected chi connectivity index (χ4v) is 4.64. The van der Waals surface area contributed by atoms with Gasteiger partial charge < -0.3 is 9.80 Å². The predicted molar refractivity (Wildman–Crippen MR) is 136 cm³/mol. The number of hydrogen-bond acceptors (Lipinski definition) is 2. The minimum atomic E-state index is 0.295. The highest BCUT2D eigenvalue weighted by atomic mass is 15.2. The average molecular weight is 419 g/mol. The number of anilines is 2. The Kier molecular flexibility index (Phi) is 6.20. The summed E-state index contributed by atoms with van der Waals surface area (Å²) < 4.78 is 0. The largest absolute Gasteiger partial charge is 0.335 e. The van der Waals surface area contributed by atoms with Crippen LogP contribution in [0.5, 0.6) is 0 Å². The van der Waals surface area contributed by atoms with Crippen LogP contribution < -0.4 is 9.80 Å². The van der Waals surface area contributed by atoms with Gasteiger partial charge >= 0.3 is 0 Å². The molecular weight excluding hydrogens is 388 g/mol. The van der Waals surface area contributed by atoms with Crippen molar-refractivity contribution in [2.45, 2.75) is 38.1 Å². The van der Waals surface area contributed by atoms with Crippen LogP contribution in [0, 0.1) is 0 Å². The molecule has 0 bridgehead atoms. The highest BCUT2D eigenvalue weighted by Gasteiger charge is 2.24. The zero-order valence-electron chi connectivity index (χ0n) is 18.5. The molecule has 2 aromatic carbocycles. The molecule has 0 amide bonds. The van der Waals surface area contributed by atoms with Gasteiger partial charge in [-0.2, -0.15) is 0 Å². The zero-order valence-corrected chi connectivity index (χ0v) is 18.5. The quantitative estimate of drug-likeness (QED) is 0.475. The molecule has 0 heterocycles. The lowest BCUT2D eigenvalue weighted by Gasteiger charge is -2.36. The van der Waals surface area contributed by atoms with Crippen LogP contribution in [0.25, 0.3) is 0 Å². The molecule has 0 saturated carbocycles. The van der Waals surface area contributed by atoms with Gasteiger partial charge in [0.25, 0.3) is 0 Å². The Balaban J connectivity index is 1.45. The van der Waals surface area contributed by atoms with Gasteiger partial charge in [-0.3, -0.25) is 0 Å². The molecule has 0 fully saturated rings. The fourth-order valence-electron chi connectivity index (χ4n) is 4.64.